The van der Waals surface area contributed by atoms with E-state index in [2.05, 4.69) is 37.2 Å². The lowest BCUT2D eigenvalue weighted by atomic mass is 9.99. The quantitative estimate of drug-likeness (QED) is 0.593. The molecule has 0 aliphatic carbocycles. The van der Waals surface area contributed by atoms with Crippen LogP contribution in [0.4, 0.5) is 17.6 Å². The monoisotopic (exact) mass is 445 g/mol. The smallest absolute Gasteiger partial charge is 0.309 e. The molecular formula is C13H9Br2F4NS. The van der Waals surface area contributed by atoms with E-state index in [0.29, 0.717) is 5.56 Å². The third-order valence-corrected chi connectivity index (χ3v) is 5.30. The molecule has 8 heteroatoms. The molecule has 0 fully saturated rings. The van der Waals surface area contributed by atoms with Crippen molar-refractivity contribution in [1.82, 2.24) is 5.32 Å². The summed E-state index contributed by atoms with van der Waals surface area (Å²) in [6.07, 6.45) is -4.72. The average Bonchev–Trinajstić information content (AvgIpc) is 2.70. The van der Waals surface area contributed by atoms with Crippen LogP contribution in [-0.2, 0) is 6.18 Å². The highest BCUT2D eigenvalue weighted by Gasteiger charge is 2.35. The number of thiophene rings is 1. The van der Waals surface area contributed by atoms with Crippen molar-refractivity contribution in [2.75, 3.05) is 7.05 Å². The maximum atomic E-state index is 13.4. The molecular weight excluding hydrogens is 438 g/mol. The predicted octanol–water partition coefficient (Wildman–Crippen LogP) is 5.74. The molecule has 21 heavy (non-hydrogen) atoms. The lowest BCUT2D eigenvalue weighted by Gasteiger charge is -2.18. The van der Waals surface area contributed by atoms with Crippen LogP contribution >= 0.6 is 43.2 Å². The van der Waals surface area contributed by atoms with E-state index in [4.69, 9.17) is 0 Å². The van der Waals surface area contributed by atoms with E-state index in [1.807, 2.05) is 6.07 Å². The van der Waals surface area contributed by atoms with Crippen molar-refractivity contribution in [2.24, 2.45) is 0 Å². The van der Waals surface area contributed by atoms with Crippen molar-refractivity contribution in [3.8, 4) is 0 Å². The molecule has 0 aliphatic rings. The zero-order chi connectivity index (χ0) is 15.8. The fourth-order valence-electron chi connectivity index (χ4n) is 1.99. The highest BCUT2D eigenvalue weighted by atomic mass is 79.9. The van der Waals surface area contributed by atoms with Gasteiger partial charge in [0.15, 0.2) is 0 Å². The second kappa shape index (κ2) is 6.36. The Labute approximate surface area is 139 Å². The zero-order valence-electron chi connectivity index (χ0n) is 10.6. The number of nitrogens with one attached hydrogen (secondary N) is 1. The fourth-order valence-corrected chi connectivity index (χ4v) is 4.89. The van der Waals surface area contributed by atoms with E-state index in [1.54, 1.807) is 7.05 Å². The van der Waals surface area contributed by atoms with Crippen LogP contribution in [-0.4, -0.2) is 7.05 Å². The molecule has 1 N–H and O–H groups in total. The summed E-state index contributed by atoms with van der Waals surface area (Å²) in [5.74, 6) is -1.27. The Kier molecular flexibility index (Phi) is 5.12. The lowest BCUT2D eigenvalue weighted by Crippen LogP contribution is -2.19. The molecule has 1 unspecified atom stereocenters. The Morgan fingerprint density at radius 2 is 1.86 bits per heavy atom. The van der Waals surface area contributed by atoms with E-state index in [-0.39, 0.29) is 0 Å². The third kappa shape index (κ3) is 3.67. The van der Waals surface area contributed by atoms with Gasteiger partial charge in [-0.3, -0.25) is 0 Å². The summed E-state index contributed by atoms with van der Waals surface area (Å²) in [4.78, 5) is 0. The van der Waals surface area contributed by atoms with E-state index >= 15 is 0 Å². The SMILES string of the molecule is CNC(c1ccc(F)c(C(F)(F)F)c1)c1cc(Br)sc1Br. The second-order valence-electron chi connectivity index (χ2n) is 4.24. The van der Waals surface area contributed by atoms with Crippen LogP contribution in [0.15, 0.2) is 31.8 Å². The minimum atomic E-state index is -4.72. The first-order valence-corrected chi connectivity index (χ1v) is 8.13. The fraction of sp³-hybridized carbons (Fsp3) is 0.231. The summed E-state index contributed by atoms with van der Waals surface area (Å²) >= 11 is 8.13. The van der Waals surface area contributed by atoms with Gasteiger partial charge in [-0.2, -0.15) is 13.2 Å². The Morgan fingerprint density at radius 3 is 2.33 bits per heavy atom. The Hall–Kier alpha value is -0.440. The van der Waals surface area contributed by atoms with Gasteiger partial charge in [0.25, 0.3) is 0 Å². The Balaban J connectivity index is 2.51. The first-order chi connectivity index (χ1) is 9.74. The molecule has 0 aliphatic heterocycles. The molecule has 1 heterocycles. The minimum Gasteiger partial charge on any atom is -0.309 e. The third-order valence-electron chi connectivity index (χ3n) is 2.91. The van der Waals surface area contributed by atoms with Gasteiger partial charge in [-0.15, -0.1) is 11.3 Å². The van der Waals surface area contributed by atoms with Crippen LogP contribution in [0.5, 0.6) is 0 Å². The number of hydrogen-bond donors (Lipinski definition) is 1. The number of halogens is 6. The van der Waals surface area contributed by atoms with E-state index in [9.17, 15) is 17.6 Å². The lowest BCUT2D eigenvalue weighted by molar-refractivity contribution is -0.140. The number of alkyl halides is 3. The van der Waals surface area contributed by atoms with Gasteiger partial charge >= 0.3 is 6.18 Å². The van der Waals surface area contributed by atoms with Crippen LogP contribution < -0.4 is 5.32 Å². The van der Waals surface area contributed by atoms with Crippen molar-refractivity contribution in [3.05, 3.63) is 54.3 Å². The number of benzene rings is 1. The molecule has 0 radical (unpaired) electrons. The Bertz CT molecular complexity index is 654. The molecule has 0 amide bonds. The van der Waals surface area contributed by atoms with E-state index in [0.717, 1.165) is 25.3 Å². The van der Waals surface area contributed by atoms with Gasteiger partial charge in [0.1, 0.15) is 5.82 Å². The normalized spacial score (nSPS) is 13.5. The van der Waals surface area contributed by atoms with Gasteiger partial charge in [0, 0.05) is 0 Å². The molecule has 0 bridgehead atoms. The number of rotatable bonds is 3. The molecule has 1 aromatic heterocycles. The molecule has 2 rings (SSSR count). The maximum Gasteiger partial charge on any atom is 0.419 e. The first kappa shape index (κ1) is 16.9. The van der Waals surface area contributed by atoms with Gasteiger partial charge in [0.05, 0.1) is 19.2 Å². The summed E-state index contributed by atoms with van der Waals surface area (Å²) in [7, 11) is 1.64. The van der Waals surface area contributed by atoms with E-state index < -0.39 is 23.6 Å². The van der Waals surface area contributed by atoms with Crippen LogP contribution in [0.25, 0.3) is 0 Å². The van der Waals surface area contributed by atoms with Crippen molar-refractivity contribution in [1.29, 1.82) is 0 Å². The van der Waals surface area contributed by atoms with E-state index in [1.165, 1.54) is 17.4 Å². The molecule has 0 saturated heterocycles. The summed E-state index contributed by atoms with van der Waals surface area (Å²) in [6, 6.07) is 4.38. The highest BCUT2D eigenvalue weighted by molar-refractivity contribution is 9.12. The van der Waals surface area contributed by atoms with Crippen molar-refractivity contribution in [2.45, 2.75) is 12.2 Å². The Morgan fingerprint density at radius 1 is 1.19 bits per heavy atom. The molecule has 1 aromatic carbocycles. The zero-order valence-corrected chi connectivity index (χ0v) is 14.6. The molecule has 114 valence electrons. The van der Waals surface area contributed by atoms with Crippen LogP contribution in [0.1, 0.15) is 22.7 Å². The second-order valence-corrected chi connectivity index (χ2v) is 7.99. The largest absolute Gasteiger partial charge is 0.419 e. The molecule has 1 nitrogen and oxygen atoms in total. The summed E-state index contributed by atoms with van der Waals surface area (Å²) < 4.78 is 53.4. The minimum absolute atomic E-state index is 0.345. The topological polar surface area (TPSA) is 12.0 Å². The van der Waals surface area contributed by atoms with Crippen molar-refractivity contribution in [3.63, 3.8) is 0 Å². The van der Waals surface area contributed by atoms with Gasteiger partial charge in [-0.1, -0.05) is 6.07 Å². The predicted molar refractivity (Wildman–Crippen MR) is 82.0 cm³/mol. The summed E-state index contributed by atoms with van der Waals surface area (Å²) in [5.41, 5.74) is -0.128. The van der Waals surface area contributed by atoms with Gasteiger partial charge in [0.2, 0.25) is 0 Å². The van der Waals surface area contributed by atoms with Gasteiger partial charge in [-0.25, -0.2) is 4.39 Å². The molecule has 0 saturated carbocycles. The van der Waals surface area contributed by atoms with Crippen molar-refractivity contribution >= 4 is 43.2 Å². The average molecular weight is 447 g/mol. The highest BCUT2D eigenvalue weighted by Crippen LogP contribution is 2.39. The molecule has 1 atom stereocenters. The molecule has 0 spiro atoms. The summed E-state index contributed by atoms with van der Waals surface area (Å²) in [6.45, 7) is 0. The van der Waals surface area contributed by atoms with Crippen LogP contribution in [0, 0.1) is 5.82 Å². The van der Waals surface area contributed by atoms with Crippen LogP contribution in [0.2, 0.25) is 0 Å². The summed E-state index contributed by atoms with van der Waals surface area (Å²) in [5, 5.41) is 2.95. The maximum absolute atomic E-state index is 13.4. The first-order valence-electron chi connectivity index (χ1n) is 5.72. The van der Waals surface area contributed by atoms with Crippen molar-refractivity contribution < 1.29 is 17.6 Å². The number of hydrogen-bond acceptors (Lipinski definition) is 2. The van der Waals surface area contributed by atoms with Crippen LogP contribution in [0.3, 0.4) is 0 Å². The van der Waals surface area contributed by atoms with Gasteiger partial charge in [-0.05, 0) is 68.2 Å². The standard InChI is InChI=1S/C13H9Br2F4NS/c1-20-11(7-5-10(14)21-12(7)15)6-2-3-9(16)8(4-6)13(17,18)19/h2-5,11,20H,1H3. The molecule has 2 aromatic rings. The van der Waals surface area contributed by atoms with Gasteiger partial charge < -0.3 is 5.32 Å².